The molecule has 0 fully saturated rings. The van der Waals surface area contributed by atoms with E-state index in [2.05, 4.69) is 33.7 Å². The minimum Gasteiger partial charge on any atom is -0.496 e. The monoisotopic (exact) mass is 222 g/mol. The largest absolute Gasteiger partial charge is 0.496 e. The number of hydrogen-bond donors (Lipinski definition) is 2. The topological polar surface area (TPSA) is 62.8 Å². The number of rotatable bonds is 5. The van der Waals surface area contributed by atoms with Gasteiger partial charge in [-0.3, -0.25) is 0 Å². The summed E-state index contributed by atoms with van der Waals surface area (Å²) in [5.41, 5.74) is 0.890. The van der Waals surface area contributed by atoms with Crippen molar-refractivity contribution in [3.63, 3.8) is 0 Å². The van der Waals surface area contributed by atoms with E-state index < -0.39 is 0 Å². The van der Waals surface area contributed by atoms with Gasteiger partial charge >= 0.3 is 0 Å². The lowest BCUT2D eigenvalue weighted by Gasteiger charge is -2.23. The lowest BCUT2D eigenvalue weighted by molar-refractivity contribution is 0.166. The summed E-state index contributed by atoms with van der Waals surface area (Å²) in [6, 6.07) is 0.0407. The van der Waals surface area contributed by atoms with E-state index in [4.69, 9.17) is 4.74 Å². The fraction of sp³-hybridized carbons (Fsp3) is 0.636. The van der Waals surface area contributed by atoms with Crippen molar-refractivity contribution >= 4 is 0 Å². The molecule has 5 heteroatoms. The molecule has 0 aromatic carbocycles. The molecule has 2 N–H and O–H groups in total. The van der Waals surface area contributed by atoms with Gasteiger partial charge in [0.15, 0.2) is 0 Å². The summed E-state index contributed by atoms with van der Waals surface area (Å²) in [5.74, 6) is 0.980. The van der Waals surface area contributed by atoms with E-state index in [0.717, 1.165) is 43.9 Å². The Bertz CT molecular complexity index is 334. The molecular formula is C11H18N4O. The average molecular weight is 222 g/mol. The van der Waals surface area contributed by atoms with Crippen molar-refractivity contribution in [2.45, 2.75) is 32.2 Å². The van der Waals surface area contributed by atoms with Crippen LogP contribution in [0.2, 0.25) is 0 Å². The van der Waals surface area contributed by atoms with Crippen molar-refractivity contribution in [3.8, 4) is 0 Å². The molecule has 1 aliphatic heterocycles. The van der Waals surface area contributed by atoms with Gasteiger partial charge in [-0.15, -0.1) is 0 Å². The van der Waals surface area contributed by atoms with Crippen LogP contribution in [0.4, 0.5) is 0 Å². The van der Waals surface area contributed by atoms with Crippen molar-refractivity contribution in [2.24, 2.45) is 0 Å². The van der Waals surface area contributed by atoms with Crippen molar-refractivity contribution < 1.29 is 4.74 Å². The summed E-state index contributed by atoms with van der Waals surface area (Å²) >= 11 is 0. The number of ether oxygens (including phenoxy) is 1. The summed E-state index contributed by atoms with van der Waals surface area (Å²) in [6.07, 6.45) is 7.15. The second kappa shape index (κ2) is 5.65. The van der Waals surface area contributed by atoms with Crippen LogP contribution in [0.1, 0.15) is 37.9 Å². The molecule has 1 aromatic rings. The molecule has 1 unspecified atom stereocenters. The third kappa shape index (κ3) is 2.61. The second-order valence-electron chi connectivity index (χ2n) is 3.88. The molecule has 2 rings (SSSR count). The number of nitrogens with one attached hydrogen (secondary N) is 2. The fourth-order valence-electron chi connectivity index (χ4n) is 1.77. The second-order valence-corrected chi connectivity index (χ2v) is 3.88. The molecule has 1 atom stereocenters. The molecule has 0 aliphatic carbocycles. The molecule has 0 amide bonds. The number of aromatic nitrogens is 3. The molecule has 0 spiro atoms. The minimum absolute atomic E-state index is 0.0407. The van der Waals surface area contributed by atoms with Crippen molar-refractivity contribution in [1.82, 2.24) is 20.7 Å². The Balaban J connectivity index is 2.10. The van der Waals surface area contributed by atoms with Crippen LogP contribution in [0, 0.1) is 0 Å². The van der Waals surface area contributed by atoms with Crippen LogP contribution >= 0.6 is 0 Å². The number of hydrogen-bond acceptors (Lipinski definition) is 4. The van der Waals surface area contributed by atoms with E-state index in [0.29, 0.717) is 0 Å². The zero-order valence-corrected chi connectivity index (χ0v) is 9.57. The maximum absolute atomic E-state index is 5.68. The van der Waals surface area contributed by atoms with Gasteiger partial charge in [0.1, 0.15) is 17.5 Å². The Morgan fingerprint density at radius 3 is 3.19 bits per heavy atom. The zero-order valence-electron chi connectivity index (χ0n) is 9.57. The van der Waals surface area contributed by atoms with Crippen LogP contribution in [-0.4, -0.2) is 28.6 Å². The van der Waals surface area contributed by atoms with E-state index in [9.17, 15) is 0 Å². The molecule has 2 heterocycles. The Labute approximate surface area is 95.3 Å². The highest BCUT2D eigenvalue weighted by Crippen LogP contribution is 2.24. The maximum atomic E-state index is 5.68. The highest BCUT2D eigenvalue weighted by atomic mass is 16.5. The molecule has 5 nitrogen and oxygen atoms in total. The fourth-order valence-corrected chi connectivity index (χ4v) is 1.77. The van der Waals surface area contributed by atoms with Gasteiger partial charge in [0, 0.05) is 0 Å². The van der Waals surface area contributed by atoms with E-state index in [1.54, 1.807) is 6.20 Å². The molecular weight excluding hydrogens is 204 g/mol. The van der Waals surface area contributed by atoms with Crippen LogP contribution in [0.15, 0.2) is 18.0 Å². The number of allylic oxidation sites excluding steroid dienone is 1. The van der Waals surface area contributed by atoms with Gasteiger partial charge in [-0.2, -0.15) is 15.4 Å². The van der Waals surface area contributed by atoms with E-state index in [-0.39, 0.29) is 6.04 Å². The number of H-pyrrole nitrogens is 1. The molecule has 0 saturated carbocycles. The lowest BCUT2D eigenvalue weighted by atomic mass is 10.1. The van der Waals surface area contributed by atoms with Crippen molar-refractivity contribution in [3.05, 3.63) is 23.7 Å². The Kier molecular flexibility index (Phi) is 3.93. The predicted molar refractivity (Wildman–Crippen MR) is 60.7 cm³/mol. The summed E-state index contributed by atoms with van der Waals surface area (Å²) < 4.78 is 5.68. The molecule has 88 valence electrons. The Morgan fingerprint density at radius 1 is 1.62 bits per heavy atom. The summed E-state index contributed by atoms with van der Waals surface area (Å²) in [4.78, 5) is 0. The third-order valence-electron chi connectivity index (χ3n) is 2.58. The normalized spacial score (nSPS) is 17.7. The first-order valence-corrected chi connectivity index (χ1v) is 5.83. The molecule has 0 radical (unpaired) electrons. The van der Waals surface area contributed by atoms with Crippen molar-refractivity contribution in [2.75, 3.05) is 13.2 Å². The van der Waals surface area contributed by atoms with Crippen LogP contribution in [0.3, 0.4) is 0 Å². The van der Waals surface area contributed by atoms with Crippen molar-refractivity contribution in [1.29, 1.82) is 0 Å². The highest BCUT2D eigenvalue weighted by molar-refractivity contribution is 5.16. The molecule has 0 bridgehead atoms. The van der Waals surface area contributed by atoms with E-state index >= 15 is 0 Å². The van der Waals surface area contributed by atoms with Crippen LogP contribution < -0.4 is 5.32 Å². The average Bonchev–Trinajstić information content (AvgIpc) is 2.85. The van der Waals surface area contributed by atoms with Crippen LogP contribution in [-0.2, 0) is 4.74 Å². The molecule has 0 saturated heterocycles. The highest BCUT2D eigenvalue weighted by Gasteiger charge is 2.21. The Hall–Kier alpha value is -1.36. The van der Waals surface area contributed by atoms with E-state index in [1.807, 2.05) is 0 Å². The number of nitrogens with zero attached hydrogens (tertiary/aromatic N) is 2. The van der Waals surface area contributed by atoms with E-state index in [1.165, 1.54) is 0 Å². The third-order valence-corrected chi connectivity index (χ3v) is 2.58. The summed E-state index contributed by atoms with van der Waals surface area (Å²) in [5, 5.41) is 14.0. The minimum atomic E-state index is 0.0407. The van der Waals surface area contributed by atoms with Crippen LogP contribution in [0.25, 0.3) is 0 Å². The SMILES string of the molecule is CCCNC(C1=CCCCO1)c1cn[nH]n1. The lowest BCUT2D eigenvalue weighted by Crippen LogP contribution is -2.26. The first-order chi connectivity index (χ1) is 7.92. The quantitative estimate of drug-likeness (QED) is 0.793. The first-order valence-electron chi connectivity index (χ1n) is 5.83. The van der Waals surface area contributed by atoms with Gasteiger partial charge in [0.2, 0.25) is 0 Å². The van der Waals surface area contributed by atoms with Gasteiger partial charge in [-0.25, -0.2) is 0 Å². The molecule has 16 heavy (non-hydrogen) atoms. The predicted octanol–water partition coefficient (Wildman–Crippen LogP) is 1.54. The molecule has 1 aromatic heterocycles. The van der Waals surface area contributed by atoms with Gasteiger partial charge in [0.05, 0.1) is 12.8 Å². The first kappa shape index (κ1) is 11.1. The summed E-state index contributed by atoms with van der Waals surface area (Å²) in [6.45, 7) is 3.88. The standard InChI is InChI=1S/C11H18N4O/c1-2-6-12-11(9-8-13-15-14-9)10-5-3-4-7-16-10/h5,8,11-12H,2-4,6-7H2,1H3,(H,13,14,15). The summed E-state index contributed by atoms with van der Waals surface area (Å²) in [7, 11) is 0. The van der Waals surface area contributed by atoms with Gasteiger partial charge in [0.25, 0.3) is 0 Å². The number of aromatic amines is 1. The Morgan fingerprint density at radius 2 is 2.56 bits per heavy atom. The maximum Gasteiger partial charge on any atom is 0.115 e. The van der Waals surface area contributed by atoms with Crippen LogP contribution in [0.5, 0.6) is 0 Å². The van der Waals surface area contributed by atoms with Gasteiger partial charge < -0.3 is 10.1 Å². The van der Waals surface area contributed by atoms with Gasteiger partial charge in [-0.05, 0) is 31.9 Å². The zero-order chi connectivity index (χ0) is 11.2. The van der Waals surface area contributed by atoms with Gasteiger partial charge in [-0.1, -0.05) is 6.92 Å². The smallest absolute Gasteiger partial charge is 0.115 e. The molecule has 1 aliphatic rings.